The highest BCUT2D eigenvalue weighted by Gasteiger charge is 2.21. The Morgan fingerprint density at radius 3 is 2.57 bits per heavy atom. The Balaban J connectivity index is 2.28. The lowest BCUT2D eigenvalue weighted by molar-refractivity contribution is 0.0741. The summed E-state index contributed by atoms with van der Waals surface area (Å²) in [6, 6.07) is 11.9. The first kappa shape index (κ1) is 15.4. The van der Waals surface area contributed by atoms with E-state index in [1.54, 1.807) is 48.3 Å². The number of benzene rings is 2. The monoisotopic (exact) mass is 348 g/mol. The summed E-state index contributed by atoms with van der Waals surface area (Å²) in [4.78, 5) is 14.1. The third-order valence-electron chi connectivity index (χ3n) is 3.46. The lowest BCUT2D eigenvalue weighted by atomic mass is 10.0. The normalized spacial score (nSPS) is 12.0. The standard InChI is InChI=1S/C16H17BrN2O2/c1-10(14-5-3-4-6-15(14)20)19(2)16(21)11-7-12(17)9-13(18)8-11/h3-10,20H,18H2,1-2H3. The molecule has 4 nitrogen and oxygen atoms in total. The molecule has 0 saturated heterocycles. The first-order valence-electron chi connectivity index (χ1n) is 6.51. The van der Waals surface area contributed by atoms with Gasteiger partial charge in [-0.3, -0.25) is 4.79 Å². The molecule has 0 bridgehead atoms. The highest BCUT2D eigenvalue weighted by Crippen LogP contribution is 2.28. The third-order valence-corrected chi connectivity index (χ3v) is 3.91. The molecular formula is C16H17BrN2O2. The number of nitrogens with zero attached hydrogens (tertiary/aromatic N) is 1. The summed E-state index contributed by atoms with van der Waals surface area (Å²) in [6.45, 7) is 1.87. The Labute approximate surface area is 132 Å². The molecule has 2 aromatic rings. The van der Waals surface area contributed by atoms with Crippen molar-refractivity contribution in [3.63, 3.8) is 0 Å². The molecule has 0 aliphatic heterocycles. The maximum Gasteiger partial charge on any atom is 0.254 e. The number of phenols is 1. The summed E-state index contributed by atoms with van der Waals surface area (Å²) in [5.41, 5.74) is 7.50. The van der Waals surface area contributed by atoms with E-state index in [2.05, 4.69) is 15.9 Å². The first-order valence-corrected chi connectivity index (χ1v) is 7.30. The van der Waals surface area contributed by atoms with Crippen molar-refractivity contribution in [3.8, 4) is 5.75 Å². The average molecular weight is 349 g/mol. The number of carbonyl (C=O) groups excluding carboxylic acids is 1. The molecule has 0 saturated carbocycles. The zero-order valence-electron chi connectivity index (χ0n) is 11.9. The summed E-state index contributed by atoms with van der Waals surface area (Å²) in [7, 11) is 1.70. The molecule has 2 aromatic carbocycles. The van der Waals surface area contributed by atoms with Crippen LogP contribution < -0.4 is 5.73 Å². The second kappa shape index (κ2) is 6.18. The van der Waals surface area contributed by atoms with Gasteiger partial charge in [0.15, 0.2) is 0 Å². The zero-order valence-corrected chi connectivity index (χ0v) is 13.5. The fourth-order valence-corrected chi connectivity index (χ4v) is 2.68. The molecule has 1 atom stereocenters. The number of hydrogen-bond donors (Lipinski definition) is 2. The number of nitrogen functional groups attached to an aromatic ring is 1. The molecular weight excluding hydrogens is 332 g/mol. The molecule has 0 aliphatic carbocycles. The van der Waals surface area contributed by atoms with E-state index >= 15 is 0 Å². The Morgan fingerprint density at radius 2 is 1.95 bits per heavy atom. The van der Waals surface area contributed by atoms with Crippen molar-refractivity contribution in [1.29, 1.82) is 0 Å². The molecule has 5 heteroatoms. The number of anilines is 1. The van der Waals surface area contributed by atoms with Gasteiger partial charge in [0, 0.05) is 28.3 Å². The molecule has 110 valence electrons. The second-order valence-electron chi connectivity index (χ2n) is 4.92. The van der Waals surface area contributed by atoms with E-state index < -0.39 is 0 Å². The molecule has 0 radical (unpaired) electrons. The Hall–Kier alpha value is -2.01. The van der Waals surface area contributed by atoms with Gasteiger partial charge in [0.1, 0.15) is 5.75 Å². The van der Waals surface area contributed by atoms with E-state index in [0.717, 1.165) is 4.47 Å². The molecule has 0 aliphatic rings. The minimum absolute atomic E-state index is 0.154. The van der Waals surface area contributed by atoms with Gasteiger partial charge in [-0.1, -0.05) is 34.1 Å². The minimum Gasteiger partial charge on any atom is -0.508 e. The van der Waals surface area contributed by atoms with E-state index in [1.807, 2.05) is 13.0 Å². The van der Waals surface area contributed by atoms with Crippen molar-refractivity contribution in [2.75, 3.05) is 12.8 Å². The topological polar surface area (TPSA) is 66.6 Å². The van der Waals surface area contributed by atoms with Gasteiger partial charge >= 0.3 is 0 Å². The number of nitrogens with two attached hydrogens (primary N) is 1. The Morgan fingerprint density at radius 1 is 1.29 bits per heavy atom. The Kier molecular flexibility index (Phi) is 4.53. The number of aromatic hydroxyl groups is 1. The number of carbonyl (C=O) groups is 1. The highest BCUT2D eigenvalue weighted by atomic mass is 79.9. The number of hydrogen-bond acceptors (Lipinski definition) is 3. The van der Waals surface area contributed by atoms with Gasteiger partial charge < -0.3 is 15.7 Å². The number of halogens is 1. The van der Waals surface area contributed by atoms with Crippen molar-refractivity contribution >= 4 is 27.5 Å². The third kappa shape index (κ3) is 3.36. The lowest BCUT2D eigenvalue weighted by Crippen LogP contribution is -2.29. The van der Waals surface area contributed by atoms with Gasteiger partial charge in [-0.25, -0.2) is 0 Å². The van der Waals surface area contributed by atoms with E-state index in [0.29, 0.717) is 16.8 Å². The maximum absolute atomic E-state index is 12.5. The Bertz CT molecular complexity index is 653. The van der Waals surface area contributed by atoms with Crippen molar-refractivity contribution in [3.05, 3.63) is 58.1 Å². The molecule has 3 N–H and O–H groups in total. The van der Waals surface area contributed by atoms with Crippen LogP contribution in [0.15, 0.2) is 46.9 Å². The van der Waals surface area contributed by atoms with Crippen LogP contribution in [0.4, 0.5) is 5.69 Å². The smallest absolute Gasteiger partial charge is 0.254 e. The van der Waals surface area contributed by atoms with Crippen LogP contribution in [0.2, 0.25) is 0 Å². The van der Waals surface area contributed by atoms with Gasteiger partial charge in [-0.05, 0) is 31.2 Å². The summed E-state index contributed by atoms with van der Waals surface area (Å²) in [5, 5.41) is 9.90. The van der Waals surface area contributed by atoms with Crippen molar-refractivity contribution in [2.24, 2.45) is 0 Å². The average Bonchev–Trinajstić information content (AvgIpc) is 2.44. The SMILES string of the molecule is CC(c1ccccc1O)N(C)C(=O)c1cc(N)cc(Br)c1. The van der Waals surface area contributed by atoms with Crippen molar-refractivity contribution < 1.29 is 9.90 Å². The molecule has 1 amide bonds. The van der Waals surface area contributed by atoms with Crippen molar-refractivity contribution in [1.82, 2.24) is 4.90 Å². The van der Waals surface area contributed by atoms with E-state index in [9.17, 15) is 9.90 Å². The van der Waals surface area contributed by atoms with Gasteiger partial charge in [-0.2, -0.15) is 0 Å². The first-order chi connectivity index (χ1) is 9.90. The maximum atomic E-state index is 12.5. The lowest BCUT2D eigenvalue weighted by Gasteiger charge is -2.26. The van der Waals surface area contributed by atoms with E-state index in [-0.39, 0.29) is 17.7 Å². The molecule has 21 heavy (non-hydrogen) atoms. The van der Waals surface area contributed by atoms with Crippen LogP contribution >= 0.6 is 15.9 Å². The molecule has 1 unspecified atom stereocenters. The minimum atomic E-state index is -0.251. The van der Waals surface area contributed by atoms with Crippen LogP contribution in [0.25, 0.3) is 0 Å². The van der Waals surface area contributed by atoms with Crippen LogP contribution in [-0.4, -0.2) is 23.0 Å². The zero-order chi connectivity index (χ0) is 15.6. The summed E-state index contributed by atoms with van der Waals surface area (Å²) in [5.74, 6) is 0.0251. The number of para-hydroxylation sites is 1. The van der Waals surface area contributed by atoms with Crippen LogP contribution in [0, 0.1) is 0 Å². The molecule has 0 aromatic heterocycles. The predicted octanol–water partition coefficient (Wildman–Crippen LogP) is 3.57. The van der Waals surface area contributed by atoms with Crippen LogP contribution in [0.5, 0.6) is 5.75 Å². The van der Waals surface area contributed by atoms with Crippen LogP contribution in [-0.2, 0) is 0 Å². The van der Waals surface area contributed by atoms with Gasteiger partial charge in [0.05, 0.1) is 6.04 Å². The number of rotatable bonds is 3. The quantitative estimate of drug-likeness (QED) is 0.833. The number of phenolic OH excluding ortho intramolecular Hbond substituents is 1. The predicted molar refractivity (Wildman–Crippen MR) is 87.2 cm³/mol. The molecule has 2 rings (SSSR count). The fraction of sp³-hybridized carbons (Fsp3) is 0.188. The van der Waals surface area contributed by atoms with Gasteiger partial charge in [0.2, 0.25) is 0 Å². The largest absolute Gasteiger partial charge is 0.508 e. The second-order valence-corrected chi connectivity index (χ2v) is 5.84. The summed E-state index contributed by atoms with van der Waals surface area (Å²) < 4.78 is 0.759. The van der Waals surface area contributed by atoms with Crippen LogP contribution in [0.1, 0.15) is 28.9 Å². The summed E-state index contributed by atoms with van der Waals surface area (Å²) in [6.07, 6.45) is 0. The highest BCUT2D eigenvalue weighted by molar-refractivity contribution is 9.10. The van der Waals surface area contributed by atoms with Crippen molar-refractivity contribution in [2.45, 2.75) is 13.0 Å². The molecule has 0 spiro atoms. The van der Waals surface area contributed by atoms with Crippen LogP contribution in [0.3, 0.4) is 0 Å². The molecule has 0 heterocycles. The summed E-state index contributed by atoms with van der Waals surface area (Å²) >= 11 is 3.33. The van der Waals surface area contributed by atoms with Gasteiger partial charge in [0.25, 0.3) is 5.91 Å². The molecule has 0 fully saturated rings. The van der Waals surface area contributed by atoms with Gasteiger partial charge in [-0.15, -0.1) is 0 Å². The van der Waals surface area contributed by atoms with E-state index in [1.165, 1.54) is 0 Å². The van der Waals surface area contributed by atoms with E-state index in [4.69, 9.17) is 5.73 Å². The fourth-order valence-electron chi connectivity index (χ4n) is 2.16. The number of amides is 1.